The van der Waals surface area contributed by atoms with Crippen LogP contribution in [0.1, 0.15) is 21.5 Å². The minimum absolute atomic E-state index is 0.0343. The third-order valence-electron chi connectivity index (χ3n) is 5.24. The van der Waals surface area contributed by atoms with Gasteiger partial charge in [0.2, 0.25) is 10.0 Å². The first-order valence-electron chi connectivity index (χ1n) is 9.70. The Bertz CT molecular complexity index is 1240. The van der Waals surface area contributed by atoms with E-state index < -0.39 is 15.9 Å². The fraction of sp³-hybridized carbons (Fsp3) is 0.174. The molecule has 0 saturated carbocycles. The minimum atomic E-state index is -3.79. The van der Waals surface area contributed by atoms with Crippen molar-refractivity contribution in [2.45, 2.75) is 17.9 Å². The van der Waals surface area contributed by atoms with Crippen LogP contribution in [0.25, 0.3) is 0 Å². The number of carbonyl (C=O) groups is 1. The summed E-state index contributed by atoms with van der Waals surface area (Å²) < 4.78 is 33.1. The van der Waals surface area contributed by atoms with E-state index in [0.29, 0.717) is 30.9 Å². The van der Waals surface area contributed by atoms with Gasteiger partial charge in [-0.05, 0) is 47.9 Å². The van der Waals surface area contributed by atoms with E-state index in [2.05, 4.69) is 5.32 Å². The van der Waals surface area contributed by atoms with Crippen molar-refractivity contribution in [3.8, 4) is 5.75 Å². The number of benzene rings is 3. The van der Waals surface area contributed by atoms with Gasteiger partial charge in [-0.25, -0.2) is 8.42 Å². The number of nitrogens with one attached hydrogen (secondary N) is 1. The molecular formula is C23H21ClN2O4S. The van der Waals surface area contributed by atoms with Crippen molar-refractivity contribution < 1.29 is 17.9 Å². The summed E-state index contributed by atoms with van der Waals surface area (Å²) in [5, 5.41) is 2.90. The van der Waals surface area contributed by atoms with Crippen LogP contribution in [0.5, 0.6) is 5.75 Å². The predicted octanol–water partition coefficient (Wildman–Crippen LogP) is 4.35. The smallest absolute Gasteiger partial charge is 0.257 e. The van der Waals surface area contributed by atoms with Crippen LogP contribution in [0, 0.1) is 0 Å². The van der Waals surface area contributed by atoms with E-state index in [0.717, 1.165) is 11.1 Å². The first-order valence-corrected chi connectivity index (χ1v) is 11.5. The molecule has 1 amide bonds. The number of nitrogens with zero attached hydrogens (tertiary/aromatic N) is 1. The lowest BCUT2D eigenvalue weighted by Gasteiger charge is -2.28. The molecule has 0 saturated heterocycles. The zero-order valence-electron chi connectivity index (χ0n) is 16.8. The van der Waals surface area contributed by atoms with Gasteiger partial charge in [0.15, 0.2) is 0 Å². The maximum atomic E-state index is 13.3. The molecule has 6 nitrogen and oxygen atoms in total. The second-order valence-electron chi connectivity index (χ2n) is 7.19. The van der Waals surface area contributed by atoms with Gasteiger partial charge in [0.25, 0.3) is 5.91 Å². The number of hydrogen-bond acceptors (Lipinski definition) is 4. The fourth-order valence-electron chi connectivity index (χ4n) is 3.56. The summed E-state index contributed by atoms with van der Waals surface area (Å²) >= 11 is 6.22. The Morgan fingerprint density at radius 1 is 1.03 bits per heavy atom. The molecule has 8 heteroatoms. The Morgan fingerprint density at radius 3 is 2.58 bits per heavy atom. The molecule has 3 aromatic rings. The molecule has 31 heavy (non-hydrogen) atoms. The molecule has 0 bridgehead atoms. The second kappa shape index (κ2) is 8.70. The number of hydrogen-bond donors (Lipinski definition) is 1. The Labute approximate surface area is 186 Å². The number of rotatable bonds is 5. The third-order valence-corrected chi connectivity index (χ3v) is 7.41. The molecule has 160 valence electrons. The van der Waals surface area contributed by atoms with Gasteiger partial charge >= 0.3 is 0 Å². The van der Waals surface area contributed by atoms with Gasteiger partial charge in [-0.1, -0.05) is 41.9 Å². The Hall–Kier alpha value is -2.87. The fourth-order valence-corrected chi connectivity index (χ4v) is 5.21. The number of anilines is 1. The lowest BCUT2D eigenvalue weighted by atomic mass is 10.0. The molecule has 3 aromatic carbocycles. The largest absolute Gasteiger partial charge is 0.497 e. The van der Waals surface area contributed by atoms with Crippen LogP contribution < -0.4 is 10.1 Å². The highest BCUT2D eigenvalue weighted by atomic mass is 35.5. The van der Waals surface area contributed by atoms with Crippen molar-refractivity contribution in [1.82, 2.24) is 4.31 Å². The number of halogens is 1. The Kier molecular flexibility index (Phi) is 6.00. The summed E-state index contributed by atoms with van der Waals surface area (Å²) in [5.74, 6) is 0.0879. The summed E-state index contributed by atoms with van der Waals surface area (Å²) in [6.45, 7) is 0.680. The van der Waals surface area contributed by atoms with Gasteiger partial charge in [0, 0.05) is 24.8 Å². The highest BCUT2D eigenvalue weighted by Crippen LogP contribution is 2.28. The second-order valence-corrected chi connectivity index (χ2v) is 9.53. The van der Waals surface area contributed by atoms with E-state index >= 15 is 0 Å². The number of amides is 1. The molecule has 1 aliphatic rings. The zero-order chi connectivity index (χ0) is 22.0. The molecule has 0 fully saturated rings. The van der Waals surface area contributed by atoms with Crippen LogP contribution in [0.3, 0.4) is 0 Å². The van der Waals surface area contributed by atoms with E-state index in [1.165, 1.54) is 29.6 Å². The molecule has 4 rings (SSSR count). The van der Waals surface area contributed by atoms with Crippen LogP contribution in [0.4, 0.5) is 5.69 Å². The zero-order valence-corrected chi connectivity index (χ0v) is 18.4. The van der Waals surface area contributed by atoms with Gasteiger partial charge in [-0.15, -0.1) is 0 Å². The molecule has 0 aliphatic carbocycles. The summed E-state index contributed by atoms with van der Waals surface area (Å²) in [7, 11) is -2.25. The lowest BCUT2D eigenvalue weighted by molar-refractivity contribution is 0.102. The third kappa shape index (κ3) is 4.44. The highest BCUT2D eigenvalue weighted by Gasteiger charge is 2.29. The first-order chi connectivity index (χ1) is 14.9. The quantitative estimate of drug-likeness (QED) is 0.619. The van der Waals surface area contributed by atoms with Gasteiger partial charge in [0.1, 0.15) is 5.75 Å². The average molecular weight is 457 g/mol. The maximum absolute atomic E-state index is 13.3. The standard InChI is InChI=1S/C23H21ClN2O4S/c1-30-19-8-4-7-18(13-19)25-23(27)21-14-20(9-10-22(21)24)31(28,29)26-12-11-16-5-2-3-6-17(16)15-26/h2-10,13-14H,11-12,15H2,1H3,(H,25,27). The van der Waals surface area contributed by atoms with Crippen molar-refractivity contribution in [1.29, 1.82) is 0 Å². The summed E-state index contributed by atoms with van der Waals surface area (Å²) in [6, 6.07) is 18.9. The lowest BCUT2D eigenvalue weighted by Crippen LogP contribution is -2.36. The molecule has 0 aromatic heterocycles. The molecule has 1 heterocycles. The minimum Gasteiger partial charge on any atom is -0.497 e. The van der Waals surface area contributed by atoms with E-state index in [1.54, 1.807) is 24.3 Å². The van der Waals surface area contributed by atoms with Crippen molar-refractivity contribution in [3.05, 3.63) is 88.4 Å². The van der Waals surface area contributed by atoms with Gasteiger partial charge in [-0.3, -0.25) is 4.79 Å². The van der Waals surface area contributed by atoms with Gasteiger partial charge in [0.05, 0.1) is 22.6 Å². The molecule has 0 spiro atoms. The van der Waals surface area contributed by atoms with Crippen molar-refractivity contribution in [2.75, 3.05) is 19.0 Å². The molecule has 0 atom stereocenters. The molecule has 1 N–H and O–H groups in total. The van der Waals surface area contributed by atoms with Gasteiger partial charge in [-0.2, -0.15) is 4.31 Å². The number of fused-ring (bicyclic) bond motifs is 1. The number of sulfonamides is 1. The van der Waals surface area contributed by atoms with E-state index in [1.807, 2.05) is 24.3 Å². The molecule has 0 radical (unpaired) electrons. The van der Waals surface area contributed by atoms with E-state index in [4.69, 9.17) is 16.3 Å². The molecule has 1 aliphatic heterocycles. The van der Waals surface area contributed by atoms with E-state index in [9.17, 15) is 13.2 Å². The summed E-state index contributed by atoms with van der Waals surface area (Å²) in [4.78, 5) is 12.8. The average Bonchev–Trinajstić information content (AvgIpc) is 2.79. The topological polar surface area (TPSA) is 75.7 Å². The van der Waals surface area contributed by atoms with E-state index in [-0.39, 0.29) is 15.5 Å². The van der Waals surface area contributed by atoms with Crippen molar-refractivity contribution in [3.63, 3.8) is 0 Å². The Morgan fingerprint density at radius 2 is 1.81 bits per heavy atom. The maximum Gasteiger partial charge on any atom is 0.257 e. The van der Waals surface area contributed by atoms with Crippen molar-refractivity contribution >= 4 is 33.2 Å². The number of carbonyl (C=O) groups excluding carboxylic acids is 1. The summed E-state index contributed by atoms with van der Waals surface area (Å²) in [6.07, 6.45) is 0.645. The monoisotopic (exact) mass is 456 g/mol. The van der Waals surface area contributed by atoms with Crippen molar-refractivity contribution in [2.24, 2.45) is 0 Å². The number of methoxy groups -OCH3 is 1. The van der Waals surface area contributed by atoms with Crippen LogP contribution >= 0.6 is 11.6 Å². The first kappa shape index (κ1) is 21.4. The van der Waals surface area contributed by atoms with Crippen LogP contribution in [0.15, 0.2) is 71.6 Å². The summed E-state index contributed by atoms with van der Waals surface area (Å²) in [5.41, 5.74) is 2.75. The van der Waals surface area contributed by atoms with Crippen LogP contribution in [0.2, 0.25) is 5.02 Å². The number of ether oxygens (including phenoxy) is 1. The SMILES string of the molecule is COc1cccc(NC(=O)c2cc(S(=O)(=O)N3CCc4ccccc4C3)ccc2Cl)c1. The van der Waals surface area contributed by atoms with Gasteiger partial charge < -0.3 is 10.1 Å². The highest BCUT2D eigenvalue weighted by molar-refractivity contribution is 7.89. The van der Waals surface area contributed by atoms with Crippen LogP contribution in [-0.4, -0.2) is 32.3 Å². The molecule has 0 unspecified atom stereocenters. The molecular weight excluding hydrogens is 436 g/mol. The predicted molar refractivity (Wildman–Crippen MR) is 120 cm³/mol. The Balaban J connectivity index is 1.60. The van der Waals surface area contributed by atoms with Crippen LogP contribution in [-0.2, 0) is 23.0 Å². The normalized spacial score (nSPS) is 14.0.